The summed E-state index contributed by atoms with van der Waals surface area (Å²) in [6, 6.07) is 11.2. The van der Waals surface area contributed by atoms with Crippen LogP contribution >= 0.6 is 11.6 Å². The highest BCUT2D eigenvalue weighted by Crippen LogP contribution is 2.22. The number of nitrogens with zero attached hydrogens (tertiary/aromatic N) is 1. The lowest BCUT2D eigenvalue weighted by atomic mass is 10.2. The summed E-state index contributed by atoms with van der Waals surface area (Å²) in [5, 5.41) is 4.07. The van der Waals surface area contributed by atoms with Gasteiger partial charge in [0, 0.05) is 23.3 Å². The lowest BCUT2D eigenvalue weighted by Crippen LogP contribution is -2.15. The molecule has 3 nitrogen and oxygen atoms in total. The van der Waals surface area contributed by atoms with Crippen LogP contribution in [0.5, 0.6) is 11.6 Å². The highest BCUT2D eigenvalue weighted by atomic mass is 35.5. The van der Waals surface area contributed by atoms with Crippen molar-refractivity contribution in [2.24, 2.45) is 0 Å². The Balaban J connectivity index is 2.03. The van der Waals surface area contributed by atoms with Gasteiger partial charge < -0.3 is 10.1 Å². The number of benzene rings is 1. The number of ether oxygens (including phenoxy) is 1. The fourth-order valence-electron chi connectivity index (χ4n) is 1.83. The van der Waals surface area contributed by atoms with Crippen LogP contribution in [0.4, 0.5) is 0 Å². The van der Waals surface area contributed by atoms with Gasteiger partial charge in [-0.05, 0) is 49.7 Å². The number of halogens is 1. The maximum absolute atomic E-state index is 5.84. The summed E-state index contributed by atoms with van der Waals surface area (Å²) in [4.78, 5) is 4.47. The van der Waals surface area contributed by atoms with E-state index in [0.717, 1.165) is 31.0 Å². The molecule has 0 radical (unpaired) electrons. The van der Waals surface area contributed by atoms with Crippen LogP contribution in [0.1, 0.15) is 24.6 Å². The summed E-state index contributed by atoms with van der Waals surface area (Å²) in [5.41, 5.74) is 2.18. The van der Waals surface area contributed by atoms with E-state index < -0.39 is 0 Å². The van der Waals surface area contributed by atoms with E-state index in [-0.39, 0.29) is 0 Å². The molecule has 0 aliphatic heterocycles. The van der Waals surface area contributed by atoms with Gasteiger partial charge in [0.05, 0.1) is 0 Å². The van der Waals surface area contributed by atoms with Crippen molar-refractivity contribution in [3.05, 3.63) is 52.7 Å². The summed E-state index contributed by atoms with van der Waals surface area (Å²) < 4.78 is 5.70. The van der Waals surface area contributed by atoms with Gasteiger partial charge in [-0.3, -0.25) is 0 Å². The molecule has 0 bridgehead atoms. The minimum absolute atomic E-state index is 0.601. The predicted molar refractivity (Wildman–Crippen MR) is 82.5 cm³/mol. The van der Waals surface area contributed by atoms with Gasteiger partial charge in [-0.25, -0.2) is 4.98 Å². The number of hydrogen-bond donors (Lipinski definition) is 1. The second kappa shape index (κ2) is 7.27. The summed E-state index contributed by atoms with van der Waals surface area (Å²) in [5.74, 6) is 1.34. The first-order valence-electron chi connectivity index (χ1n) is 6.79. The van der Waals surface area contributed by atoms with Crippen molar-refractivity contribution >= 4 is 11.6 Å². The molecule has 1 aromatic heterocycles. The molecule has 106 valence electrons. The standard InChI is InChI=1S/C16H19ClN2O/c1-3-10-18-11-13-4-9-16(19-12(13)2)20-15-7-5-14(17)6-8-15/h4-9,18H,3,10-11H2,1-2H3. The van der Waals surface area contributed by atoms with Crippen LogP contribution in [0.3, 0.4) is 0 Å². The summed E-state index contributed by atoms with van der Waals surface area (Å²) in [7, 11) is 0. The number of nitrogens with one attached hydrogen (secondary N) is 1. The van der Waals surface area contributed by atoms with E-state index >= 15 is 0 Å². The molecule has 4 heteroatoms. The van der Waals surface area contributed by atoms with Gasteiger partial charge >= 0.3 is 0 Å². The summed E-state index contributed by atoms with van der Waals surface area (Å²) in [6.07, 6.45) is 1.13. The minimum Gasteiger partial charge on any atom is -0.439 e. The molecule has 20 heavy (non-hydrogen) atoms. The van der Waals surface area contributed by atoms with E-state index in [4.69, 9.17) is 16.3 Å². The van der Waals surface area contributed by atoms with E-state index in [9.17, 15) is 0 Å². The van der Waals surface area contributed by atoms with E-state index in [1.165, 1.54) is 5.56 Å². The average Bonchev–Trinajstić information content (AvgIpc) is 2.44. The Morgan fingerprint density at radius 2 is 1.90 bits per heavy atom. The molecule has 0 atom stereocenters. The molecule has 0 saturated heterocycles. The van der Waals surface area contributed by atoms with Crippen LogP contribution in [0.2, 0.25) is 5.02 Å². The van der Waals surface area contributed by atoms with Crippen LogP contribution in [0.15, 0.2) is 36.4 Å². The van der Waals surface area contributed by atoms with Crippen molar-refractivity contribution < 1.29 is 4.74 Å². The van der Waals surface area contributed by atoms with Gasteiger partial charge in [-0.1, -0.05) is 24.6 Å². The van der Waals surface area contributed by atoms with Crippen LogP contribution < -0.4 is 10.1 Å². The second-order valence-electron chi connectivity index (χ2n) is 4.63. The van der Waals surface area contributed by atoms with Gasteiger partial charge in [0.1, 0.15) is 5.75 Å². The zero-order chi connectivity index (χ0) is 14.4. The maximum Gasteiger partial charge on any atom is 0.219 e. The number of aromatic nitrogens is 1. The Morgan fingerprint density at radius 1 is 1.15 bits per heavy atom. The minimum atomic E-state index is 0.601. The molecule has 0 aliphatic carbocycles. The molecule has 0 saturated carbocycles. The number of pyridine rings is 1. The predicted octanol–water partition coefficient (Wildman–Crippen LogP) is 4.34. The second-order valence-corrected chi connectivity index (χ2v) is 5.06. The van der Waals surface area contributed by atoms with E-state index in [1.54, 1.807) is 12.1 Å². The maximum atomic E-state index is 5.84. The smallest absolute Gasteiger partial charge is 0.219 e. The highest BCUT2D eigenvalue weighted by molar-refractivity contribution is 6.30. The quantitative estimate of drug-likeness (QED) is 0.804. The summed E-state index contributed by atoms with van der Waals surface area (Å²) >= 11 is 5.84. The molecule has 1 aromatic carbocycles. The molecule has 0 spiro atoms. The van der Waals surface area contributed by atoms with Crippen molar-refractivity contribution in [2.75, 3.05) is 6.54 Å². The van der Waals surface area contributed by atoms with E-state index in [2.05, 4.69) is 23.3 Å². The van der Waals surface area contributed by atoms with Crippen molar-refractivity contribution in [3.8, 4) is 11.6 Å². The monoisotopic (exact) mass is 290 g/mol. The van der Waals surface area contributed by atoms with E-state index in [1.807, 2.05) is 25.1 Å². The van der Waals surface area contributed by atoms with Crippen LogP contribution in [-0.4, -0.2) is 11.5 Å². The van der Waals surface area contributed by atoms with Gasteiger partial charge in [0.15, 0.2) is 0 Å². The molecular weight excluding hydrogens is 272 g/mol. The number of hydrogen-bond acceptors (Lipinski definition) is 3. The van der Waals surface area contributed by atoms with Gasteiger partial charge in [-0.15, -0.1) is 0 Å². The fraction of sp³-hybridized carbons (Fsp3) is 0.312. The molecule has 0 amide bonds. The number of aryl methyl sites for hydroxylation is 1. The Kier molecular flexibility index (Phi) is 5.39. The Morgan fingerprint density at radius 3 is 2.55 bits per heavy atom. The van der Waals surface area contributed by atoms with Crippen molar-refractivity contribution in [2.45, 2.75) is 26.8 Å². The lowest BCUT2D eigenvalue weighted by molar-refractivity contribution is 0.461. The molecule has 0 aliphatic rings. The Labute approximate surface area is 124 Å². The normalized spacial score (nSPS) is 10.6. The largest absolute Gasteiger partial charge is 0.439 e. The zero-order valence-corrected chi connectivity index (χ0v) is 12.6. The highest BCUT2D eigenvalue weighted by Gasteiger charge is 2.03. The fourth-order valence-corrected chi connectivity index (χ4v) is 1.96. The van der Waals surface area contributed by atoms with Crippen molar-refractivity contribution in [3.63, 3.8) is 0 Å². The van der Waals surface area contributed by atoms with Gasteiger partial charge in [-0.2, -0.15) is 0 Å². The first kappa shape index (κ1) is 14.8. The van der Waals surface area contributed by atoms with Crippen molar-refractivity contribution in [1.82, 2.24) is 10.3 Å². The molecule has 0 fully saturated rings. The van der Waals surface area contributed by atoms with Crippen LogP contribution in [-0.2, 0) is 6.54 Å². The molecule has 1 N–H and O–H groups in total. The summed E-state index contributed by atoms with van der Waals surface area (Å²) in [6.45, 7) is 6.01. The first-order valence-corrected chi connectivity index (χ1v) is 7.17. The van der Waals surface area contributed by atoms with Crippen LogP contribution in [0.25, 0.3) is 0 Å². The third kappa shape index (κ3) is 4.22. The topological polar surface area (TPSA) is 34.1 Å². The third-order valence-electron chi connectivity index (χ3n) is 2.95. The molecular formula is C16H19ClN2O. The lowest BCUT2D eigenvalue weighted by Gasteiger charge is -2.09. The van der Waals surface area contributed by atoms with Gasteiger partial charge in [0.2, 0.25) is 5.88 Å². The Hall–Kier alpha value is -1.58. The molecule has 2 aromatic rings. The SMILES string of the molecule is CCCNCc1ccc(Oc2ccc(Cl)cc2)nc1C. The zero-order valence-electron chi connectivity index (χ0n) is 11.8. The van der Waals surface area contributed by atoms with Crippen LogP contribution in [0, 0.1) is 6.92 Å². The van der Waals surface area contributed by atoms with Gasteiger partial charge in [0.25, 0.3) is 0 Å². The first-order chi connectivity index (χ1) is 9.69. The van der Waals surface area contributed by atoms with E-state index in [0.29, 0.717) is 10.9 Å². The third-order valence-corrected chi connectivity index (χ3v) is 3.20. The average molecular weight is 291 g/mol. The van der Waals surface area contributed by atoms with Crippen molar-refractivity contribution in [1.29, 1.82) is 0 Å². The number of rotatable bonds is 6. The molecule has 1 heterocycles. The molecule has 2 rings (SSSR count). The Bertz CT molecular complexity index is 555. The molecule has 0 unspecified atom stereocenters.